The predicted octanol–water partition coefficient (Wildman–Crippen LogP) is 3.17. The molecule has 1 aromatic carbocycles. The number of Topliss-reactive ketones (excluding diaryl/α,β-unsaturated/α-hetero) is 1. The van der Waals surface area contributed by atoms with Gasteiger partial charge in [0.2, 0.25) is 11.6 Å². The van der Waals surface area contributed by atoms with E-state index in [9.17, 15) is 9.59 Å². The number of nitrogens with zero attached hydrogens (tertiary/aromatic N) is 4. The van der Waals surface area contributed by atoms with E-state index in [-0.39, 0.29) is 5.78 Å². The number of hydrogen-bond acceptors (Lipinski definition) is 6. The highest BCUT2D eigenvalue weighted by molar-refractivity contribution is 6.30. The largest absolute Gasteiger partial charge is 0.465 e. The minimum absolute atomic E-state index is 0.259. The normalized spacial score (nSPS) is 12.0. The van der Waals surface area contributed by atoms with Gasteiger partial charge in [0.05, 0.1) is 18.4 Å². The molecule has 1 N–H and O–H groups in total. The monoisotopic (exact) mass is 387 g/mol. The standard InChI is InChI=1S/C18H18ClN5O3/c1-9-14(18(26)27-4)10(2)20-15(9)16(25)11(3)24-22-17(21-23-24)12-5-7-13(19)8-6-12/h5-8,11,20H,1-4H3/t11-/m1/s1. The molecule has 27 heavy (non-hydrogen) atoms. The summed E-state index contributed by atoms with van der Waals surface area (Å²) in [5.74, 6) is -0.358. The van der Waals surface area contributed by atoms with Gasteiger partial charge in [0.25, 0.3) is 0 Å². The number of hydrogen-bond donors (Lipinski definition) is 1. The smallest absolute Gasteiger partial charge is 0.339 e. The van der Waals surface area contributed by atoms with Gasteiger partial charge in [0.1, 0.15) is 6.04 Å². The average Bonchev–Trinajstić information content (AvgIpc) is 3.25. The summed E-state index contributed by atoms with van der Waals surface area (Å²) < 4.78 is 4.78. The number of H-pyrrole nitrogens is 1. The van der Waals surface area contributed by atoms with Crippen molar-refractivity contribution in [1.29, 1.82) is 0 Å². The van der Waals surface area contributed by atoms with Crippen LogP contribution in [0.25, 0.3) is 11.4 Å². The topological polar surface area (TPSA) is 103 Å². The number of carbonyl (C=O) groups excluding carboxylic acids is 2. The maximum atomic E-state index is 12.9. The predicted molar refractivity (Wildman–Crippen MR) is 98.9 cm³/mol. The van der Waals surface area contributed by atoms with Crippen molar-refractivity contribution in [2.45, 2.75) is 26.8 Å². The highest BCUT2D eigenvalue weighted by Crippen LogP contribution is 2.23. The van der Waals surface area contributed by atoms with Gasteiger partial charge in [-0.15, -0.1) is 10.2 Å². The Morgan fingerprint density at radius 1 is 1.22 bits per heavy atom. The summed E-state index contributed by atoms with van der Waals surface area (Å²) in [4.78, 5) is 29.0. The van der Waals surface area contributed by atoms with Crippen LogP contribution in [0.2, 0.25) is 5.02 Å². The zero-order chi connectivity index (χ0) is 19.7. The molecule has 0 amide bonds. The van der Waals surface area contributed by atoms with Gasteiger partial charge in [-0.2, -0.15) is 4.80 Å². The van der Waals surface area contributed by atoms with Crippen LogP contribution in [-0.4, -0.2) is 44.1 Å². The molecule has 140 valence electrons. The summed E-state index contributed by atoms with van der Waals surface area (Å²) in [5.41, 5.74) is 2.54. The first-order valence-corrected chi connectivity index (χ1v) is 8.58. The highest BCUT2D eigenvalue weighted by Gasteiger charge is 2.27. The Kier molecular flexibility index (Phi) is 5.09. The third-order valence-electron chi connectivity index (χ3n) is 4.33. The molecule has 0 saturated heterocycles. The second-order valence-electron chi connectivity index (χ2n) is 6.10. The van der Waals surface area contributed by atoms with Crippen LogP contribution in [0.4, 0.5) is 0 Å². The molecule has 3 rings (SSSR count). The zero-order valence-corrected chi connectivity index (χ0v) is 16.0. The Morgan fingerprint density at radius 3 is 2.52 bits per heavy atom. The molecule has 8 nitrogen and oxygen atoms in total. The lowest BCUT2D eigenvalue weighted by atomic mass is 10.1. The Hall–Kier alpha value is -3.00. The second kappa shape index (κ2) is 7.32. The number of aryl methyl sites for hydroxylation is 1. The van der Waals surface area contributed by atoms with Crippen molar-refractivity contribution < 1.29 is 14.3 Å². The van der Waals surface area contributed by atoms with Crippen molar-refractivity contribution in [2.75, 3.05) is 7.11 Å². The molecular weight excluding hydrogens is 370 g/mol. The number of tetrazole rings is 1. The van der Waals surface area contributed by atoms with Crippen LogP contribution < -0.4 is 0 Å². The van der Waals surface area contributed by atoms with E-state index in [1.807, 2.05) is 0 Å². The summed E-state index contributed by atoms with van der Waals surface area (Å²) in [6.07, 6.45) is 0. The maximum Gasteiger partial charge on any atom is 0.339 e. The molecule has 0 fully saturated rings. The molecule has 0 saturated carbocycles. The molecule has 0 aliphatic rings. The molecule has 0 bridgehead atoms. The molecule has 0 aliphatic heterocycles. The van der Waals surface area contributed by atoms with Gasteiger partial charge in [-0.3, -0.25) is 4.79 Å². The molecule has 0 spiro atoms. The van der Waals surface area contributed by atoms with E-state index in [1.54, 1.807) is 45.0 Å². The number of aromatic nitrogens is 5. The Morgan fingerprint density at radius 2 is 1.89 bits per heavy atom. The molecule has 9 heteroatoms. The van der Waals surface area contributed by atoms with Crippen molar-refractivity contribution in [3.63, 3.8) is 0 Å². The minimum Gasteiger partial charge on any atom is -0.465 e. The summed E-state index contributed by atoms with van der Waals surface area (Å²) >= 11 is 5.88. The summed E-state index contributed by atoms with van der Waals surface area (Å²) in [5, 5.41) is 12.9. The number of rotatable bonds is 5. The summed E-state index contributed by atoms with van der Waals surface area (Å²) in [7, 11) is 1.30. The number of aromatic amines is 1. The minimum atomic E-state index is -0.708. The fourth-order valence-corrected chi connectivity index (χ4v) is 2.95. The summed E-state index contributed by atoms with van der Waals surface area (Å²) in [6.45, 7) is 5.08. The first kappa shape index (κ1) is 18.8. The second-order valence-corrected chi connectivity index (χ2v) is 6.53. The highest BCUT2D eigenvalue weighted by atomic mass is 35.5. The maximum absolute atomic E-state index is 12.9. The van der Waals surface area contributed by atoms with Gasteiger partial charge in [0.15, 0.2) is 0 Å². The lowest BCUT2D eigenvalue weighted by Gasteiger charge is -2.08. The van der Waals surface area contributed by atoms with Crippen LogP contribution in [0.3, 0.4) is 0 Å². The number of benzene rings is 1. The van der Waals surface area contributed by atoms with Crippen LogP contribution in [0.15, 0.2) is 24.3 Å². The zero-order valence-electron chi connectivity index (χ0n) is 15.3. The molecule has 2 aromatic heterocycles. The van der Waals surface area contributed by atoms with Gasteiger partial charge in [-0.1, -0.05) is 11.6 Å². The number of carbonyl (C=O) groups is 2. The van der Waals surface area contributed by atoms with Crippen molar-refractivity contribution in [1.82, 2.24) is 25.2 Å². The van der Waals surface area contributed by atoms with Crippen LogP contribution >= 0.6 is 11.6 Å². The number of ketones is 1. The van der Waals surface area contributed by atoms with E-state index >= 15 is 0 Å². The molecule has 0 radical (unpaired) electrons. The molecular formula is C18H18ClN5O3. The first-order chi connectivity index (χ1) is 12.8. The molecule has 1 atom stereocenters. The van der Waals surface area contributed by atoms with Gasteiger partial charge in [0, 0.05) is 16.3 Å². The average molecular weight is 388 g/mol. The number of ether oxygens (including phenoxy) is 1. The lowest BCUT2D eigenvalue weighted by molar-refractivity contribution is 0.0599. The third-order valence-corrected chi connectivity index (χ3v) is 4.58. The lowest BCUT2D eigenvalue weighted by Crippen LogP contribution is -2.20. The van der Waals surface area contributed by atoms with E-state index in [0.717, 1.165) is 5.56 Å². The van der Waals surface area contributed by atoms with Crippen molar-refractivity contribution >= 4 is 23.4 Å². The number of halogens is 1. The fraction of sp³-hybridized carbons (Fsp3) is 0.278. The van der Waals surface area contributed by atoms with E-state index < -0.39 is 12.0 Å². The Labute approximate surface area is 160 Å². The van der Waals surface area contributed by atoms with Gasteiger partial charge < -0.3 is 9.72 Å². The van der Waals surface area contributed by atoms with Crippen LogP contribution in [0.5, 0.6) is 0 Å². The van der Waals surface area contributed by atoms with E-state index in [4.69, 9.17) is 16.3 Å². The van der Waals surface area contributed by atoms with Crippen molar-refractivity contribution in [2.24, 2.45) is 0 Å². The Bertz CT molecular complexity index is 1010. The van der Waals surface area contributed by atoms with Crippen LogP contribution in [-0.2, 0) is 4.74 Å². The third kappa shape index (κ3) is 3.48. The van der Waals surface area contributed by atoms with Gasteiger partial charge in [-0.05, 0) is 55.8 Å². The molecule has 0 aliphatic carbocycles. The number of methoxy groups -OCH3 is 1. The first-order valence-electron chi connectivity index (χ1n) is 8.20. The van der Waals surface area contributed by atoms with E-state index in [2.05, 4.69) is 20.4 Å². The van der Waals surface area contributed by atoms with Crippen LogP contribution in [0, 0.1) is 13.8 Å². The van der Waals surface area contributed by atoms with E-state index in [1.165, 1.54) is 11.9 Å². The fourth-order valence-electron chi connectivity index (χ4n) is 2.82. The molecule has 3 aromatic rings. The number of esters is 1. The van der Waals surface area contributed by atoms with Gasteiger partial charge >= 0.3 is 5.97 Å². The molecule has 0 unspecified atom stereocenters. The quantitative estimate of drug-likeness (QED) is 0.532. The SMILES string of the molecule is COC(=O)c1c(C)[nH]c(C(=O)[C@@H](C)n2nnc(-c3ccc(Cl)cc3)n2)c1C. The van der Waals surface area contributed by atoms with Gasteiger partial charge in [-0.25, -0.2) is 4.79 Å². The van der Waals surface area contributed by atoms with E-state index in [0.29, 0.717) is 33.4 Å². The Balaban J connectivity index is 1.88. The number of nitrogens with one attached hydrogen (secondary N) is 1. The molecule has 2 heterocycles. The van der Waals surface area contributed by atoms with Crippen molar-refractivity contribution in [3.05, 3.63) is 51.8 Å². The van der Waals surface area contributed by atoms with Crippen LogP contribution in [0.1, 0.15) is 45.1 Å². The summed E-state index contributed by atoms with van der Waals surface area (Å²) in [6, 6.07) is 6.30. The van der Waals surface area contributed by atoms with Crippen molar-refractivity contribution in [3.8, 4) is 11.4 Å².